The first-order chi connectivity index (χ1) is 54.7. The van der Waals surface area contributed by atoms with Gasteiger partial charge in [0.25, 0.3) is 0 Å². The van der Waals surface area contributed by atoms with Crippen LogP contribution in [0, 0.1) is 170 Å². The Balaban J connectivity index is 0.000000192. The van der Waals surface area contributed by atoms with Crippen molar-refractivity contribution < 1.29 is 59.9 Å². The molecule has 0 amide bonds. The summed E-state index contributed by atoms with van der Waals surface area (Å²) in [4.78, 5) is 23.0. The van der Waals surface area contributed by atoms with Gasteiger partial charge >= 0.3 is 11.9 Å². The number of esters is 2. The van der Waals surface area contributed by atoms with Crippen LogP contribution in [0.15, 0.2) is 0 Å². The Kier molecular flexibility index (Phi) is 41.9. The Morgan fingerprint density at radius 1 is 0.276 bits per heavy atom. The quantitative estimate of drug-likeness (QED) is 0.0908. The fraction of sp³-hybridized carbons (Fsp3) is 0.981. The minimum absolute atomic E-state index is 0.0154. The molecule has 16 atom stereocenters. The molecule has 0 radical (unpaired) electrons. The molecule has 0 aromatic rings. The average molecular weight is 1630 g/mol. The number of ether oxygens (including phenoxy) is 2. The first-order valence-electron chi connectivity index (χ1n) is 50.3. The van der Waals surface area contributed by atoms with Crippen molar-refractivity contribution >= 4 is 11.9 Å². The second-order valence-electron chi connectivity index (χ2n) is 46.4. The van der Waals surface area contributed by atoms with E-state index in [0.29, 0.717) is 106 Å². The van der Waals surface area contributed by atoms with Gasteiger partial charge in [-0.25, -0.2) is 0 Å². The fourth-order valence-electron chi connectivity index (χ4n) is 28.6. The lowest BCUT2D eigenvalue weighted by Gasteiger charge is -2.54. The van der Waals surface area contributed by atoms with Crippen molar-refractivity contribution in [3.8, 4) is 0 Å². The topological polar surface area (TPSA) is 214 Å². The summed E-state index contributed by atoms with van der Waals surface area (Å²) in [5.41, 5.74) is 1.39. The minimum Gasteiger partial charge on any atom is -0.469 e. The smallest absolute Gasteiger partial charge is 0.308 e. The van der Waals surface area contributed by atoms with Crippen LogP contribution in [0.4, 0.5) is 0 Å². The number of aliphatic hydroxyl groups is 8. The van der Waals surface area contributed by atoms with E-state index in [-0.39, 0.29) is 89.4 Å². The van der Waals surface area contributed by atoms with E-state index in [2.05, 4.69) is 118 Å². The van der Waals surface area contributed by atoms with Gasteiger partial charge in [-0.05, 0) is 331 Å². The first kappa shape index (κ1) is 102. The molecular formula is C104H192O12. The maximum absolute atomic E-state index is 11.7. The van der Waals surface area contributed by atoms with E-state index in [4.69, 9.17) is 9.47 Å². The zero-order valence-electron chi connectivity index (χ0n) is 79.4. The first-order valence-corrected chi connectivity index (χ1v) is 50.3. The van der Waals surface area contributed by atoms with Crippen molar-refractivity contribution in [2.45, 2.75) is 463 Å². The Morgan fingerprint density at radius 2 is 0.526 bits per heavy atom. The summed E-state index contributed by atoms with van der Waals surface area (Å²) in [7, 11) is 2.91. The molecule has 8 N–H and O–H groups in total. The third-order valence-electron chi connectivity index (χ3n) is 35.8. The second-order valence-corrected chi connectivity index (χ2v) is 46.4. The highest BCUT2D eigenvalue weighted by Gasteiger charge is 2.54. The molecule has 116 heavy (non-hydrogen) atoms. The van der Waals surface area contributed by atoms with E-state index < -0.39 is 0 Å². The molecule has 12 heteroatoms. The highest BCUT2D eigenvalue weighted by Crippen LogP contribution is 2.59. The lowest BCUT2D eigenvalue weighted by molar-refractivity contribution is -0.149. The summed E-state index contributed by atoms with van der Waals surface area (Å²) in [6, 6.07) is 0. The molecule has 12 nitrogen and oxygen atoms in total. The second kappa shape index (κ2) is 47.8. The summed E-state index contributed by atoms with van der Waals surface area (Å²) >= 11 is 0. The highest BCUT2D eigenvalue weighted by molar-refractivity contribution is 5.72. The average Bonchev–Trinajstić information content (AvgIpc) is 0.755. The van der Waals surface area contributed by atoms with Crippen LogP contribution in [-0.4, -0.2) is 116 Å². The van der Waals surface area contributed by atoms with Crippen LogP contribution in [-0.2, 0) is 19.1 Å². The van der Waals surface area contributed by atoms with Crippen LogP contribution in [0.5, 0.6) is 0 Å². The van der Waals surface area contributed by atoms with Gasteiger partial charge in [0, 0.05) is 6.42 Å². The van der Waals surface area contributed by atoms with Crippen molar-refractivity contribution in [2.24, 2.45) is 170 Å². The summed E-state index contributed by atoms with van der Waals surface area (Å²) < 4.78 is 9.60. The van der Waals surface area contributed by atoms with Crippen LogP contribution >= 0.6 is 0 Å². The van der Waals surface area contributed by atoms with Gasteiger partial charge in [0.05, 0.1) is 69.0 Å². The Hall–Kier alpha value is -1.38. The van der Waals surface area contributed by atoms with Gasteiger partial charge in [-0.15, -0.1) is 0 Å². The predicted octanol–water partition coefficient (Wildman–Crippen LogP) is 24.2. The van der Waals surface area contributed by atoms with E-state index in [1.54, 1.807) is 0 Å². The normalized spacial score (nSPS) is 43.6. The number of carbonyl (C=O) groups excluding carboxylic acids is 2. The molecule has 0 aromatic heterocycles. The van der Waals surface area contributed by atoms with Gasteiger partial charge in [-0.3, -0.25) is 9.59 Å². The van der Waals surface area contributed by atoms with Crippen molar-refractivity contribution in [1.29, 1.82) is 0 Å². The monoisotopic (exact) mass is 1630 g/mol. The van der Waals surface area contributed by atoms with Gasteiger partial charge in [0.1, 0.15) is 0 Å². The molecule has 0 bridgehead atoms. The van der Waals surface area contributed by atoms with E-state index in [0.717, 1.165) is 73.5 Å². The molecule has 0 heterocycles. The summed E-state index contributed by atoms with van der Waals surface area (Å²) in [5, 5.41) is 81.9. The lowest BCUT2D eigenvalue weighted by atomic mass is 9.52. The molecule has 0 aromatic carbocycles. The van der Waals surface area contributed by atoms with Crippen molar-refractivity contribution in [3.05, 3.63) is 0 Å². The van der Waals surface area contributed by atoms with Gasteiger partial charge in [-0.1, -0.05) is 241 Å². The summed E-state index contributed by atoms with van der Waals surface area (Å²) in [6.45, 7) is 42.7. The van der Waals surface area contributed by atoms with Crippen molar-refractivity contribution in [1.82, 2.24) is 0 Å². The molecule has 13 rings (SSSR count). The van der Waals surface area contributed by atoms with E-state index in [1.165, 1.54) is 258 Å². The maximum Gasteiger partial charge on any atom is 0.308 e. The van der Waals surface area contributed by atoms with Gasteiger partial charge in [-0.2, -0.15) is 0 Å². The highest BCUT2D eigenvalue weighted by atomic mass is 16.5. The lowest BCUT2D eigenvalue weighted by Crippen LogP contribution is -2.51. The van der Waals surface area contributed by atoms with Crippen LogP contribution in [0.2, 0.25) is 0 Å². The molecule has 0 aliphatic heterocycles. The zero-order chi connectivity index (χ0) is 85.7. The SMILES string of the molecule is CC1CC(C)C(O)C(C)C1.CC1CC(C)C(O)C(C)C1.CC1CC(C2(C)CCCCC2)C(O)C(C2(C)CCCCC2)C1.CC1CC(C2CCCCC2)CC(C)C1O.CC1CC(CC2CC(C)C(O)C(C)C2)CC(C)C1O.COC(=O)C1CC(C)C(O)C(C)C1.COC(=O)CCC1CC(C2(C)CCCCC2)C(O)C(C2(C)CCCCC2)C1. The van der Waals surface area contributed by atoms with Crippen LogP contribution < -0.4 is 0 Å². The number of hydrogen-bond acceptors (Lipinski definition) is 12. The standard InChI is InChI=1S/C24H42O3.C21H38O.C17H32O2.C14H26O.C10H18O3.2C9H18O/c1-23(12-6-4-7-13-23)19-16-18(10-11-21(25)27-3)17-20(22(19)26)24(2)14-8-5-9-15-24;1-16-14-17(20(2)10-6-4-7-11-20)19(22)18(15-16)21(3)12-8-5-9-13-21;1-10-5-14(6-11(2)16(10)18)9-15-7-12(3)17(19)13(4)8-15;1-10-8-13(9-11(2)14(10)15)12-6-4-3-5-7-12;1-6-4-8(10(12)13-3)5-7(2)9(6)11;2*1-6-4-7(2)9(10)8(3)5-6/h18-20,22,26H,4-17H2,1-3H3;16-19,22H,4-15H2,1-3H3;10-19H,5-9H2,1-4H3;10-15H,3-9H2,1-2H3;6-9,11H,4-5H2,1-3H3;2*6-10H,4-5H2,1-3H3. The van der Waals surface area contributed by atoms with E-state index >= 15 is 0 Å². The number of hydrogen-bond donors (Lipinski definition) is 8. The third-order valence-corrected chi connectivity index (χ3v) is 35.8. The third kappa shape index (κ3) is 29.1. The molecule has 13 aliphatic rings. The number of aliphatic hydroxyl groups excluding tert-OH is 8. The number of methoxy groups -OCH3 is 2. The van der Waals surface area contributed by atoms with Crippen molar-refractivity contribution in [3.63, 3.8) is 0 Å². The Morgan fingerprint density at radius 3 is 0.810 bits per heavy atom. The Bertz CT molecular complexity index is 2530. The molecule has 13 saturated carbocycles. The Labute approximate surface area is 714 Å². The molecule has 0 spiro atoms. The summed E-state index contributed by atoms with van der Waals surface area (Å²) in [5.74, 6) is 13.5. The fourth-order valence-corrected chi connectivity index (χ4v) is 28.6. The van der Waals surface area contributed by atoms with E-state index in [1.807, 2.05) is 13.8 Å². The van der Waals surface area contributed by atoms with Crippen LogP contribution in [0.1, 0.15) is 414 Å². The molecule has 0 saturated heterocycles. The minimum atomic E-state index is -0.263. The molecular weight excluding hydrogens is 1440 g/mol. The molecule has 16 unspecified atom stereocenters. The van der Waals surface area contributed by atoms with Crippen LogP contribution in [0.25, 0.3) is 0 Å². The van der Waals surface area contributed by atoms with Gasteiger partial charge in [0.2, 0.25) is 0 Å². The predicted molar refractivity (Wildman–Crippen MR) is 480 cm³/mol. The van der Waals surface area contributed by atoms with E-state index in [9.17, 15) is 50.4 Å². The number of rotatable bonds is 11. The molecule has 13 aliphatic carbocycles. The zero-order valence-corrected chi connectivity index (χ0v) is 79.4. The maximum atomic E-state index is 11.7. The van der Waals surface area contributed by atoms with Crippen LogP contribution in [0.3, 0.4) is 0 Å². The van der Waals surface area contributed by atoms with Gasteiger partial charge in [0.15, 0.2) is 0 Å². The molecule has 13 fully saturated rings. The van der Waals surface area contributed by atoms with Gasteiger partial charge < -0.3 is 50.3 Å². The van der Waals surface area contributed by atoms with Crippen molar-refractivity contribution in [2.75, 3.05) is 14.2 Å². The summed E-state index contributed by atoms with van der Waals surface area (Å²) in [6.07, 6.45) is 54.4. The largest absolute Gasteiger partial charge is 0.469 e. The number of carbonyl (C=O) groups is 2. The molecule has 680 valence electrons.